The topological polar surface area (TPSA) is 52.7 Å². The number of halogens is 1. The lowest BCUT2D eigenvalue weighted by Gasteiger charge is -2.44. The van der Waals surface area contributed by atoms with Gasteiger partial charge in [-0.15, -0.1) is 0 Å². The number of carbonyl (C=O) groups is 2. The highest BCUT2D eigenvalue weighted by Crippen LogP contribution is 2.44. The van der Waals surface area contributed by atoms with Crippen LogP contribution in [-0.4, -0.2) is 36.9 Å². The molecule has 0 atom stereocenters. The van der Waals surface area contributed by atoms with Crippen LogP contribution in [0.4, 0.5) is 11.4 Å². The first-order valence-electron chi connectivity index (χ1n) is 11.0. The summed E-state index contributed by atoms with van der Waals surface area (Å²) in [7, 11) is 1.83. The summed E-state index contributed by atoms with van der Waals surface area (Å²) in [5, 5.41) is 4.52. The van der Waals surface area contributed by atoms with Gasteiger partial charge in [-0.1, -0.05) is 36.4 Å². The van der Waals surface area contributed by atoms with E-state index in [-0.39, 0.29) is 17.4 Å². The van der Waals surface area contributed by atoms with Crippen molar-refractivity contribution in [3.05, 3.63) is 70.8 Å². The first-order valence-corrected chi connectivity index (χ1v) is 11.4. The smallest absolute Gasteiger partial charge is 0.245 e. The van der Waals surface area contributed by atoms with Crippen molar-refractivity contribution in [3.63, 3.8) is 0 Å². The Balaban J connectivity index is 1.73. The van der Waals surface area contributed by atoms with E-state index in [1.807, 2.05) is 50.9 Å². The number of fused-ring (bicyclic) bond motifs is 1. The van der Waals surface area contributed by atoms with Gasteiger partial charge in [0, 0.05) is 36.5 Å². The molecule has 0 saturated carbocycles. The third kappa shape index (κ3) is 3.49. The van der Waals surface area contributed by atoms with E-state index in [0.29, 0.717) is 13.1 Å². The molecule has 0 unspecified atom stereocenters. The predicted molar refractivity (Wildman–Crippen MR) is 130 cm³/mol. The first kappa shape index (κ1) is 22.4. The molecular formula is C26H30ClN3O2. The molecule has 1 saturated heterocycles. The van der Waals surface area contributed by atoms with Crippen LogP contribution in [0.1, 0.15) is 43.4 Å². The van der Waals surface area contributed by atoms with Crippen molar-refractivity contribution in [3.8, 4) is 0 Å². The van der Waals surface area contributed by atoms with Crippen LogP contribution in [0, 0.1) is 6.92 Å². The zero-order chi connectivity index (χ0) is 23.3. The Labute approximate surface area is 195 Å². The Morgan fingerprint density at radius 3 is 2.50 bits per heavy atom. The predicted octanol–water partition coefficient (Wildman–Crippen LogP) is 5.02. The van der Waals surface area contributed by atoms with Gasteiger partial charge in [-0.25, -0.2) is 0 Å². The van der Waals surface area contributed by atoms with Crippen molar-refractivity contribution in [2.24, 2.45) is 0 Å². The highest BCUT2D eigenvalue weighted by atomic mass is 35.5. The quantitative estimate of drug-likeness (QED) is 0.664. The second-order valence-electron chi connectivity index (χ2n) is 9.37. The maximum atomic E-state index is 12.7. The van der Waals surface area contributed by atoms with Gasteiger partial charge in [-0.2, -0.15) is 0 Å². The maximum absolute atomic E-state index is 12.7. The molecule has 2 amide bonds. The molecule has 4 rings (SSSR count). The van der Waals surface area contributed by atoms with Crippen LogP contribution in [-0.2, 0) is 20.5 Å². The summed E-state index contributed by atoms with van der Waals surface area (Å²) >= 11 is 6.49. The number of hydrogen-bond donors (Lipinski definition) is 1. The first-order chi connectivity index (χ1) is 15.1. The fraction of sp³-hybridized carbons (Fsp3) is 0.385. The SMILES string of the molecule is C=CC(=O)N1CCC(Nc2ccc3c(c2)N(C)C(=O)C3(C)C)(c2cccc(Cl)c2C)CC1. The number of hydrogen-bond acceptors (Lipinski definition) is 3. The third-order valence-corrected chi connectivity index (χ3v) is 7.55. The van der Waals surface area contributed by atoms with Crippen molar-refractivity contribution in [2.45, 2.75) is 44.6 Å². The van der Waals surface area contributed by atoms with Crippen LogP contribution in [0.25, 0.3) is 0 Å². The monoisotopic (exact) mass is 451 g/mol. The number of nitrogens with one attached hydrogen (secondary N) is 1. The Kier molecular flexibility index (Phi) is 5.58. The Morgan fingerprint density at radius 1 is 1.16 bits per heavy atom. The Morgan fingerprint density at radius 2 is 1.84 bits per heavy atom. The lowest BCUT2D eigenvalue weighted by atomic mass is 9.78. The summed E-state index contributed by atoms with van der Waals surface area (Å²) in [4.78, 5) is 28.5. The van der Waals surface area contributed by atoms with E-state index in [9.17, 15) is 9.59 Å². The highest BCUT2D eigenvalue weighted by Gasteiger charge is 2.43. The van der Waals surface area contributed by atoms with E-state index in [1.165, 1.54) is 6.08 Å². The summed E-state index contributed by atoms with van der Waals surface area (Å²) in [6.45, 7) is 10.8. The minimum absolute atomic E-state index is 0.0404. The van der Waals surface area contributed by atoms with Gasteiger partial charge in [0.15, 0.2) is 0 Å². The molecule has 2 aromatic rings. The Hall–Kier alpha value is -2.79. The van der Waals surface area contributed by atoms with Gasteiger partial charge in [0.1, 0.15) is 0 Å². The molecule has 0 radical (unpaired) electrons. The molecular weight excluding hydrogens is 422 g/mol. The number of amides is 2. The number of anilines is 2. The summed E-state index contributed by atoms with van der Waals surface area (Å²) in [6, 6.07) is 12.2. The van der Waals surface area contributed by atoms with Crippen molar-refractivity contribution < 1.29 is 9.59 Å². The number of likely N-dealkylation sites (N-methyl/N-ethyl adjacent to an activating group) is 1. The van der Waals surface area contributed by atoms with Crippen molar-refractivity contribution >= 4 is 34.8 Å². The minimum atomic E-state index is -0.528. The van der Waals surface area contributed by atoms with E-state index in [1.54, 1.807) is 4.90 Å². The standard InChI is InChI=1S/C26H30ClN3O2/c1-6-23(31)30-14-12-26(13-15-30,19-8-7-9-21(27)17(19)2)28-18-10-11-20-22(16-18)29(5)24(32)25(20,3)4/h6-11,16,28H,1,12-15H2,2-5H3. The number of rotatable bonds is 4. The average Bonchev–Trinajstić information content (AvgIpc) is 2.95. The molecule has 2 heterocycles. The van der Waals surface area contributed by atoms with Gasteiger partial charge in [0.2, 0.25) is 11.8 Å². The van der Waals surface area contributed by atoms with E-state index in [0.717, 1.165) is 45.9 Å². The van der Waals surface area contributed by atoms with E-state index >= 15 is 0 Å². The molecule has 0 aliphatic carbocycles. The Bertz CT molecular complexity index is 1100. The molecule has 0 bridgehead atoms. The minimum Gasteiger partial charge on any atom is -0.375 e. The third-order valence-electron chi connectivity index (χ3n) is 7.14. The summed E-state index contributed by atoms with van der Waals surface area (Å²) in [6.07, 6.45) is 2.86. The normalized spacial score (nSPS) is 19.0. The van der Waals surface area contributed by atoms with Gasteiger partial charge in [0.05, 0.1) is 11.0 Å². The van der Waals surface area contributed by atoms with Crippen LogP contribution >= 0.6 is 11.6 Å². The van der Waals surface area contributed by atoms with Gasteiger partial charge in [0.25, 0.3) is 0 Å². The molecule has 1 fully saturated rings. The largest absolute Gasteiger partial charge is 0.375 e. The van der Waals surface area contributed by atoms with E-state index in [2.05, 4.69) is 30.1 Å². The molecule has 32 heavy (non-hydrogen) atoms. The van der Waals surface area contributed by atoms with Crippen molar-refractivity contribution in [1.82, 2.24) is 4.90 Å². The van der Waals surface area contributed by atoms with Gasteiger partial charge < -0.3 is 15.1 Å². The molecule has 5 nitrogen and oxygen atoms in total. The van der Waals surface area contributed by atoms with Crippen LogP contribution in [0.15, 0.2) is 49.1 Å². The van der Waals surface area contributed by atoms with E-state index in [4.69, 9.17) is 11.6 Å². The molecule has 6 heteroatoms. The molecule has 2 aliphatic heterocycles. The number of benzene rings is 2. The van der Waals surface area contributed by atoms with Gasteiger partial charge >= 0.3 is 0 Å². The van der Waals surface area contributed by atoms with E-state index < -0.39 is 5.41 Å². The second kappa shape index (κ2) is 7.96. The average molecular weight is 452 g/mol. The number of likely N-dealkylation sites (tertiary alicyclic amines) is 1. The second-order valence-corrected chi connectivity index (χ2v) is 9.78. The fourth-order valence-corrected chi connectivity index (χ4v) is 5.34. The highest BCUT2D eigenvalue weighted by molar-refractivity contribution is 6.31. The van der Waals surface area contributed by atoms with Gasteiger partial charge in [-0.3, -0.25) is 9.59 Å². The molecule has 2 aliphatic rings. The van der Waals surface area contributed by atoms with Crippen LogP contribution in [0.5, 0.6) is 0 Å². The molecule has 2 aromatic carbocycles. The zero-order valence-corrected chi connectivity index (χ0v) is 19.9. The van der Waals surface area contributed by atoms with Crippen molar-refractivity contribution in [2.75, 3.05) is 30.4 Å². The molecule has 0 spiro atoms. The van der Waals surface area contributed by atoms with Crippen molar-refractivity contribution in [1.29, 1.82) is 0 Å². The molecule has 0 aromatic heterocycles. The molecule has 1 N–H and O–H groups in total. The van der Waals surface area contributed by atoms with Crippen LogP contribution in [0.2, 0.25) is 5.02 Å². The summed E-state index contributed by atoms with van der Waals surface area (Å²) in [5.74, 6) is 0.0580. The van der Waals surface area contributed by atoms with Crippen LogP contribution in [0.3, 0.4) is 0 Å². The fourth-order valence-electron chi connectivity index (χ4n) is 5.16. The lowest BCUT2D eigenvalue weighted by molar-refractivity contribution is -0.127. The maximum Gasteiger partial charge on any atom is 0.245 e. The number of nitrogens with zero attached hydrogens (tertiary/aromatic N) is 2. The summed E-state index contributed by atoms with van der Waals surface area (Å²) in [5.41, 5.74) is 4.19. The van der Waals surface area contributed by atoms with Gasteiger partial charge in [-0.05, 0) is 74.6 Å². The number of piperidine rings is 1. The number of carbonyl (C=O) groups excluding carboxylic acids is 2. The zero-order valence-electron chi connectivity index (χ0n) is 19.2. The molecule has 168 valence electrons. The van der Waals surface area contributed by atoms with Crippen LogP contribution < -0.4 is 10.2 Å². The summed E-state index contributed by atoms with van der Waals surface area (Å²) < 4.78 is 0. The lowest BCUT2D eigenvalue weighted by Crippen LogP contribution is -2.49.